The summed E-state index contributed by atoms with van der Waals surface area (Å²) in [5.41, 5.74) is 1.27. The molecule has 2 nitrogen and oxygen atoms in total. The summed E-state index contributed by atoms with van der Waals surface area (Å²) in [6.07, 6.45) is 16.9. The zero-order valence-corrected chi connectivity index (χ0v) is 14.4. The third-order valence-corrected chi connectivity index (χ3v) is 7.99. The second kappa shape index (κ2) is 5.10. The number of carbonyl (C=O) groups is 1. The Bertz CT molecular complexity index is 562. The van der Waals surface area contributed by atoms with Crippen LogP contribution < -0.4 is 0 Å². The van der Waals surface area contributed by atoms with E-state index in [-0.39, 0.29) is 11.0 Å². The molecule has 0 N–H and O–H groups in total. The Labute approximate surface area is 140 Å². The zero-order valence-electron chi connectivity index (χ0n) is 14.4. The molecule has 0 aromatic heterocycles. The molecule has 2 spiro atoms. The van der Waals surface area contributed by atoms with Gasteiger partial charge in [0.2, 0.25) is 0 Å². The Balaban J connectivity index is 1.67. The van der Waals surface area contributed by atoms with Crippen LogP contribution in [0.2, 0.25) is 0 Å². The molecule has 0 aromatic carbocycles. The third-order valence-electron chi connectivity index (χ3n) is 7.99. The number of hydrogen-bond donors (Lipinski definition) is 0. The number of rotatable bonds is 0. The minimum absolute atomic E-state index is 0.112. The molecule has 4 atom stereocenters. The molecule has 4 aliphatic carbocycles. The molecule has 0 aromatic rings. The zero-order chi connectivity index (χ0) is 15.5. The Morgan fingerprint density at radius 2 is 1.74 bits per heavy atom. The largest absolute Gasteiger partial charge is 0.490 e. The number of Topliss-reactive ketones (excluding diaryl/α,β-unsaturated/α-hetero) is 1. The first kappa shape index (κ1) is 14.5. The molecule has 3 saturated carbocycles. The average molecular weight is 314 g/mol. The first-order valence-corrected chi connectivity index (χ1v) is 10.2. The van der Waals surface area contributed by atoms with Crippen LogP contribution in [0.15, 0.2) is 11.3 Å². The van der Waals surface area contributed by atoms with Gasteiger partial charge in [0.1, 0.15) is 11.4 Å². The van der Waals surface area contributed by atoms with Gasteiger partial charge in [-0.3, -0.25) is 4.79 Å². The van der Waals surface area contributed by atoms with E-state index in [9.17, 15) is 4.79 Å². The fraction of sp³-hybridized carbons (Fsp3) is 0.857. The predicted octanol–water partition coefficient (Wildman–Crippen LogP) is 5.31. The summed E-state index contributed by atoms with van der Waals surface area (Å²) < 4.78 is 6.95. The summed E-state index contributed by atoms with van der Waals surface area (Å²) in [6.45, 7) is 0. The predicted molar refractivity (Wildman–Crippen MR) is 89.9 cm³/mol. The Morgan fingerprint density at radius 3 is 2.70 bits per heavy atom. The molecule has 1 aliphatic heterocycles. The number of carbonyl (C=O) groups excluding carboxylic acids is 1. The minimum atomic E-state index is -0.145. The van der Waals surface area contributed by atoms with E-state index in [4.69, 9.17) is 4.74 Å². The number of hydrogen-bond acceptors (Lipinski definition) is 2. The molecular weight excluding hydrogens is 284 g/mol. The standard InChI is InChI=1S/C21H30O2/c22-19-15-7-3-5-11-20(19)14-16-8-1-2-10-18(16)23-21(20)12-6-4-9-17(21)13-15/h15,17H,1-14H2. The monoisotopic (exact) mass is 314 g/mol. The van der Waals surface area contributed by atoms with Crippen LogP contribution in [-0.4, -0.2) is 11.4 Å². The van der Waals surface area contributed by atoms with E-state index in [0.29, 0.717) is 17.6 Å². The van der Waals surface area contributed by atoms with Crippen LogP contribution in [0.1, 0.15) is 89.9 Å². The molecule has 3 fully saturated rings. The van der Waals surface area contributed by atoms with Crippen LogP contribution in [0.4, 0.5) is 0 Å². The number of ether oxygens (including phenoxy) is 1. The Hall–Kier alpha value is -0.790. The average Bonchev–Trinajstić information content (AvgIpc) is 2.68. The van der Waals surface area contributed by atoms with Crippen LogP contribution in [0.5, 0.6) is 0 Å². The molecule has 0 radical (unpaired) electrons. The van der Waals surface area contributed by atoms with Crippen molar-refractivity contribution >= 4 is 5.78 Å². The van der Waals surface area contributed by atoms with Crippen LogP contribution in [0.3, 0.4) is 0 Å². The maximum atomic E-state index is 13.6. The molecule has 5 aliphatic rings. The molecule has 0 amide bonds. The number of fused-ring (bicyclic) bond motifs is 1. The van der Waals surface area contributed by atoms with E-state index in [2.05, 4.69) is 0 Å². The second-order valence-electron chi connectivity index (χ2n) is 8.97. The molecule has 4 unspecified atom stereocenters. The molecular formula is C21H30O2. The lowest BCUT2D eigenvalue weighted by Gasteiger charge is -2.62. The lowest BCUT2D eigenvalue weighted by Crippen LogP contribution is -2.66. The quantitative estimate of drug-likeness (QED) is 0.605. The summed E-state index contributed by atoms with van der Waals surface area (Å²) in [4.78, 5) is 13.6. The van der Waals surface area contributed by atoms with E-state index in [1.807, 2.05) is 0 Å². The van der Waals surface area contributed by atoms with E-state index in [1.54, 1.807) is 0 Å². The van der Waals surface area contributed by atoms with E-state index < -0.39 is 0 Å². The van der Waals surface area contributed by atoms with Crippen molar-refractivity contribution in [1.29, 1.82) is 0 Å². The van der Waals surface area contributed by atoms with Crippen molar-refractivity contribution in [3.63, 3.8) is 0 Å². The highest BCUT2D eigenvalue weighted by atomic mass is 16.5. The number of allylic oxidation sites excluding steroid dienone is 2. The normalized spacial score (nSPS) is 46.2. The molecule has 1 heterocycles. The molecule has 2 heteroatoms. The van der Waals surface area contributed by atoms with Gasteiger partial charge in [-0.05, 0) is 69.8 Å². The van der Waals surface area contributed by atoms with E-state index in [1.165, 1.54) is 62.7 Å². The first-order chi connectivity index (χ1) is 11.3. The maximum absolute atomic E-state index is 13.6. The summed E-state index contributed by atoms with van der Waals surface area (Å²) in [5, 5.41) is 0. The van der Waals surface area contributed by atoms with Crippen molar-refractivity contribution < 1.29 is 9.53 Å². The van der Waals surface area contributed by atoms with Crippen LogP contribution in [0, 0.1) is 17.3 Å². The van der Waals surface area contributed by atoms with Gasteiger partial charge in [-0.15, -0.1) is 0 Å². The van der Waals surface area contributed by atoms with Crippen molar-refractivity contribution in [2.75, 3.05) is 0 Å². The van der Waals surface area contributed by atoms with Crippen LogP contribution >= 0.6 is 0 Å². The second-order valence-corrected chi connectivity index (χ2v) is 8.97. The fourth-order valence-electron chi connectivity index (χ4n) is 7.00. The van der Waals surface area contributed by atoms with E-state index in [0.717, 1.165) is 38.5 Å². The maximum Gasteiger partial charge on any atom is 0.146 e. The first-order valence-electron chi connectivity index (χ1n) is 10.2. The van der Waals surface area contributed by atoms with Gasteiger partial charge in [0.25, 0.3) is 0 Å². The highest BCUT2D eigenvalue weighted by Gasteiger charge is 2.67. The van der Waals surface area contributed by atoms with Gasteiger partial charge in [-0.2, -0.15) is 0 Å². The molecule has 5 rings (SSSR count). The van der Waals surface area contributed by atoms with Gasteiger partial charge in [0, 0.05) is 18.3 Å². The fourth-order valence-corrected chi connectivity index (χ4v) is 7.00. The summed E-state index contributed by atoms with van der Waals surface area (Å²) in [5.74, 6) is 2.94. The molecule has 126 valence electrons. The van der Waals surface area contributed by atoms with Crippen molar-refractivity contribution in [2.24, 2.45) is 17.3 Å². The highest BCUT2D eigenvalue weighted by molar-refractivity contribution is 5.90. The lowest BCUT2D eigenvalue weighted by atomic mass is 9.47. The SMILES string of the molecule is O=C1C2CCCCC13CC1=C(CCCC1)OC31CCCCC1C2. The van der Waals surface area contributed by atoms with Crippen molar-refractivity contribution in [3.05, 3.63) is 11.3 Å². The topological polar surface area (TPSA) is 26.3 Å². The van der Waals surface area contributed by atoms with Crippen molar-refractivity contribution in [3.8, 4) is 0 Å². The Morgan fingerprint density at radius 1 is 0.913 bits per heavy atom. The molecule has 23 heavy (non-hydrogen) atoms. The summed E-state index contributed by atoms with van der Waals surface area (Å²) >= 11 is 0. The summed E-state index contributed by atoms with van der Waals surface area (Å²) in [6, 6.07) is 0. The smallest absolute Gasteiger partial charge is 0.146 e. The molecule has 2 bridgehead atoms. The van der Waals surface area contributed by atoms with Gasteiger partial charge in [-0.25, -0.2) is 0 Å². The summed E-state index contributed by atoms with van der Waals surface area (Å²) in [7, 11) is 0. The van der Waals surface area contributed by atoms with Crippen molar-refractivity contribution in [1.82, 2.24) is 0 Å². The minimum Gasteiger partial charge on any atom is -0.490 e. The number of ketones is 1. The van der Waals surface area contributed by atoms with Gasteiger partial charge < -0.3 is 4.74 Å². The third kappa shape index (κ3) is 1.84. The van der Waals surface area contributed by atoms with Gasteiger partial charge in [-0.1, -0.05) is 19.3 Å². The highest BCUT2D eigenvalue weighted by Crippen LogP contribution is 2.65. The Kier molecular flexibility index (Phi) is 3.23. The van der Waals surface area contributed by atoms with Gasteiger partial charge in [0.15, 0.2) is 0 Å². The lowest BCUT2D eigenvalue weighted by molar-refractivity contribution is -0.207. The van der Waals surface area contributed by atoms with Crippen LogP contribution in [0.25, 0.3) is 0 Å². The molecule has 0 saturated heterocycles. The van der Waals surface area contributed by atoms with E-state index >= 15 is 0 Å². The van der Waals surface area contributed by atoms with Crippen LogP contribution in [-0.2, 0) is 9.53 Å². The van der Waals surface area contributed by atoms with Gasteiger partial charge in [0.05, 0.1) is 11.2 Å². The van der Waals surface area contributed by atoms with Gasteiger partial charge >= 0.3 is 0 Å². The van der Waals surface area contributed by atoms with Crippen molar-refractivity contribution in [2.45, 2.75) is 95.5 Å².